The Morgan fingerprint density at radius 2 is 2.11 bits per heavy atom. The number of para-hydroxylation sites is 1. The molecule has 0 aromatic heterocycles. The van der Waals surface area contributed by atoms with Crippen LogP contribution < -0.4 is 10.6 Å². The molecule has 3 aliphatic rings. The molecular formula is C13H9N5. The maximum atomic E-state index is 4.69. The van der Waals surface area contributed by atoms with Crippen molar-refractivity contribution in [2.24, 2.45) is 20.2 Å². The molecule has 1 aromatic carbocycles. The summed E-state index contributed by atoms with van der Waals surface area (Å²) in [6, 6.07) is 8.06. The molecule has 86 valence electrons. The molecule has 3 heterocycles. The van der Waals surface area contributed by atoms with Crippen molar-refractivity contribution in [1.29, 1.82) is 0 Å². The van der Waals surface area contributed by atoms with Gasteiger partial charge in [0.25, 0.3) is 0 Å². The molecule has 18 heavy (non-hydrogen) atoms. The summed E-state index contributed by atoms with van der Waals surface area (Å²) < 4.78 is 0. The van der Waals surface area contributed by atoms with Gasteiger partial charge in [-0.3, -0.25) is 0 Å². The summed E-state index contributed by atoms with van der Waals surface area (Å²) in [5, 5.41) is 9.99. The lowest BCUT2D eigenvalue weighted by molar-refractivity contribution is 0.561. The second kappa shape index (κ2) is 3.46. The van der Waals surface area contributed by atoms with Gasteiger partial charge in [0, 0.05) is 17.6 Å². The van der Waals surface area contributed by atoms with E-state index in [4.69, 9.17) is 4.99 Å². The fourth-order valence-electron chi connectivity index (χ4n) is 2.18. The first kappa shape index (κ1) is 9.47. The van der Waals surface area contributed by atoms with E-state index in [0.29, 0.717) is 12.4 Å². The van der Waals surface area contributed by atoms with Gasteiger partial charge in [-0.2, -0.15) is 5.10 Å². The van der Waals surface area contributed by atoms with E-state index in [-0.39, 0.29) is 0 Å². The third kappa shape index (κ3) is 1.27. The molecular weight excluding hydrogens is 226 g/mol. The van der Waals surface area contributed by atoms with Crippen LogP contribution in [-0.2, 0) is 0 Å². The van der Waals surface area contributed by atoms with Crippen molar-refractivity contribution in [3.63, 3.8) is 0 Å². The predicted octanol–water partition coefficient (Wildman–Crippen LogP) is 0.0537. The number of nitrogens with zero attached hydrogens (tertiary/aromatic N) is 5. The van der Waals surface area contributed by atoms with Crippen molar-refractivity contribution >= 4 is 24.5 Å². The van der Waals surface area contributed by atoms with Gasteiger partial charge in [0.15, 0.2) is 5.84 Å². The average Bonchev–Trinajstić information content (AvgIpc) is 2.80. The van der Waals surface area contributed by atoms with E-state index in [9.17, 15) is 0 Å². The van der Waals surface area contributed by atoms with Crippen LogP contribution in [0.2, 0.25) is 0 Å². The molecule has 0 atom stereocenters. The average molecular weight is 235 g/mol. The lowest BCUT2D eigenvalue weighted by Gasteiger charge is -2.21. The topological polar surface area (TPSA) is 52.7 Å². The zero-order valence-electron chi connectivity index (χ0n) is 9.48. The predicted molar refractivity (Wildman–Crippen MR) is 69.8 cm³/mol. The molecule has 0 amide bonds. The van der Waals surface area contributed by atoms with Crippen molar-refractivity contribution < 1.29 is 0 Å². The van der Waals surface area contributed by atoms with Gasteiger partial charge in [0.2, 0.25) is 0 Å². The second-order valence-corrected chi connectivity index (χ2v) is 4.17. The molecule has 0 aliphatic carbocycles. The van der Waals surface area contributed by atoms with E-state index in [1.165, 1.54) is 0 Å². The zero-order chi connectivity index (χ0) is 11.9. The normalized spacial score (nSPS) is 19.3. The standard InChI is InChI=1S/C13H9N5/c1-2-4-11-9(3-1)8-18-6-5-14-12-10(7-15-17-12)13(18)16-11/h1-5,7-8H,6H2. The molecule has 5 heteroatoms. The molecule has 1 aromatic rings. The minimum atomic E-state index is 0.643. The highest BCUT2D eigenvalue weighted by atomic mass is 15.3. The van der Waals surface area contributed by atoms with Crippen LogP contribution in [0.1, 0.15) is 0 Å². The highest BCUT2D eigenvalue weighted by Gasteiger charge is 2.22. The van der Waals surface area contributed by atoms with E-state index in [1.54, 1.807) is 6.21 Å². The zero-order valence-corrected chi connectivity index (χ0v) is 9.48. The summed E-state index contributed by atoms with van der Waals surface area (Å²) in [4.78, 5) is 11.1. The molecule has 0 fully saturated rings. The molecule has 0 unspecified atom stereocenters. The van der Waals surface area contributed by atoms with E-state index < -0.39 is 0 Å². The molecule has 0 spiro atoms. The van der Waals surface area contributed by atoms with Gasteiger partial charge in [-0.15, -0.1) is 5.10 Å². The summed E-state index contributed by atoms with van der Waals surface area (Å²) in [6.07, 6.45) is 5.64. The summed E-state index contributed by atoms with van der Waals surface area (Å²) >= 11 is 0. The van der Waals surface area contributed by atoms with Gasteiger partial charge in [-0.1, -0.05) is 18.2 Å². The number of benzene rings is 1. The number of hydrogen-bond acceptors (Lipinski definition) is 5. The van der Waals surface area contributed by atoms with Crippen molar-refractivity contribution in [3.8, 4) is 0 Å². The van der Waals surface area contributed by atoms with Gasteiger partial charge in [-0.05, 0) is 6.07 Å². The van der Waals surface area contributed by atoms with E-state index in [2.05, 4.69) is 32.4 Å². The quantitative estimate of drug-likeness (QED) is 0.627. The van der Waals surface area contributed by atoms with E-state index in [1.807, 2.05) is 24.4 Å². The molecule has 0 radical (unpaired) electrons. The van der Waals surface area contributed by atoms with E-state index >= 15 is 0 Å². The Morgan fingerprint density at radius 3 is 3.11 bits per heavy atom. The Bertz CT molecular complexity index is 767. The lowest BCUT2D eigenvalue weighted by Crippen LogP contribution is -2.35. The summed E-state index contributed by atoms with van der Waals surface area (Å²) in [5.41, 5.74) is 0.884. The Labute approximate surface area is 103 Å². The van der Waals surface area contributed by atoms with Crippen LogP contribution in [-0.4, -0.2) is 29.7 Å². The first-order valence-corrected chi connectivity index (χ1v) is 5.72. The molecule has 0 saturated carbocycles. The fourth-order valence-corrected chi connectivity index (χ4v) is 2.18. The SMILES string of the molecule is C1=NN=C2N=CCN3C=c4ccccc4=NC3=C12. The van der Waals surface area contributed by atoms with Crippen LogP contribution >= 0.6 is 0 Å². The summed E-state index contributed by atoms with van der Waals surface area (Å²) in [7, 11) is 0. The van der Waals surface area contributed by atoms with Crippen molar-refractivity contribution in [1.82, 2.24) is 4.90 Å². The number of fused-ring (bicyclic) bond motifs is 3. The Kier molecular flexibility index (Phi) is 1.82. The monoisotopic (exact) mass is 235 g/mol. The first-order valence-electron chi connectivity index (χ1n) is 5.72. The van der Waals surface area contributed by atoms with E-state index in [0.717, 1.165) is 22.0 Å². The Hall–Kier alpha value is -2.56. The molecule has 0 bridgehead atoms. The molecule has 0 N–H and O–H groups in total. The highest BCUT2D eigenvalue weighted by molar-refractivity contribution is 6.20. The van der Waals surface area contributed by atoms with Crippen LogP contribution in [0.15, 0.2) is 55.8 Å². The van der Waals surface area contributed by atoms with Gasteiger partial charge in [0.05, 0.1) is 23.7 Å². The first-order chi connectivity index (χ1) is 8.92. The van der Waals surface area contributed by atoms with Crippen molar-refractivity contribution in [2.45, 2.75) is 0 Å². The molecule has 5 nitrogen and oxygen atoms in total. The van der Waals surface area contributed by atoms with Crippen LogP contribution in [0.5, 0.6) is 0 Å². The third-order valence-electron chi connectivity index (χ3n) is 3.04. The number of hydrogen-bond donors (Lipinski definition) is 0. The highest BCUT2D eigenvalue weighted by Crippen LogP contribution is 2.19. The largest absolute Gasteiger partial charge is 0.326 e. The van der Waals surface area contributed by atoms with Gasteiger partial charge < -0.3 is 4.90 Å². The van der Waals surface area contributed by atoms with Crippen LogP contribution in [0.3, 0.4) is 0 Å². The molecule has 4 rings (SSSR count). The Morgan fingerprint density at radius 1 is 1.17 bits per heavy atom. The number of aliphatic imine (C=N–C) groups is 1. The van der Waals surface area contributed by atoms with Crippen LogP contribution in [0, 0.1) is 0 Å². The van der Waals surface area contributed by atoms with Gasteiger partial charge in [0.1, 0.15) is 5.82 Å². The fraction of sp³-hybridized carbons (Fsp3) is 0.0769. The van der Waals surface area contributed by atoms with Crippen molar-refractivity contribution in [3.05, 3.63) is 46.2 Å². The molecule has 0 saturated heterocycles. The molecule has 3 aliphatic heterocycles. The van der Waals surface area contributed by atoms with Crippen molar-refractivity contribution in [2.75, 3.05) is 6.54 Å². The van der Waals surface area contributed by atoms with Crippen LogP contribution in [0.4, 0.5) is 0 Å². The number of amidine groups is 1. The minimum Gasteiger partial charge on any atom is -0.326 e. The maximum Gasteiger partial charge on any atom is 0.186 e. The van der Waals surface area contributed by atoms with Gasteiger partial charge >= 0.3 is 0 Å². The third-order valence-corrected chi connectivity index (χ3v) is 3.04. The van der Waals surface area contributed by atoms with Crippen LogP contribution in [0.25, 0.3) is 6.20 Å². The second-order valence-electron chi connectivity index (χ2n) is 4.17. The smallest absolute Gasteiger partial charge is 0.186 e. The maximum absolute atomic E-state index is 4.69. The van der Waals surface area contributed by atoms with Gasteiger partial charge in [-0.25, -0.2) is 9.98 Å². The summed E-state index contributed by atoms with van der Waals surface area (Å²) in [6.45, 7) is 0.698. The number of rotatable bonds is 0. The lowest BCUT2D eigenvalue weighted by atomic mass is 10.2. The minimum absolute atomic E-state index is 0.643. The summed E-state index contributed by atoms with van der Waals surface area (Å²) in [5.74, 6) is 1.51. The Balaban J connectivity index is 2.05.